The third kappa shape index (κ3) is 3.15. The summed E-state index contributed by atoms with van der Waals surface area (Å²) in [6, 6.07) is 1.40. The zero-order valence-corrected chi connectivity index (χ0v) is 15.8. The first-order valence-corrected chi connectivity index (χ1v) is 9.01. The number of alkyl halides is 3. The second-order valence-electron chi connectivity index (χ2n) is 7.23. The smallest absolute Gasteiger partial charge is 0.351 e. The first-order valence-electron chi connectivity index (χ1n) is 9.01. The molecule has 4 rings (SSSR count). The number of hydrazone groups is 1. The molecule has 0 N–H and O–H groups in total. The number of fused-ring (bicyclic) bond motifs is 3. The van der Waals surface area contributed by atoms with Gasteiger partial charge in [0, 0.05) is 32.2 Å². The van der Waals surface area contributed by atoms with E-state index in [2.05, 4.69) is 20.0 Å². The maximum absolute atomic E-state index is 14.2. The topological polar surface area (TPSA) is 46.8 Å². The van der Waals surface area contributed by atoms with E-state index in [0.717, 1.165) is 25.2 Å². The van der Waals surface area contributed by atoms with Crippen LogP contribution in [-0.2, 0) is 6.18 Å². The van der Waals surface area contributed by atoms with Gasteiger partial charge in [-0.3, -0.25) is 4.99 Å². The zero-order valence-electron chi connectivity index (χ0n) is 15.8. The predicted octanol–water partition coefficient (Wildman–Crippen LogP) is 3.12. The van der Waals surface area contributed by atoms with Crippen LogP contribution in [0.4, 0.5) is 28.9 Å². The van der Waals surface area contributed by atoms with Crippen molar-refractivity contribution in [1.82, 2.24) is 9.80 Å². The quantitative estimate of drug-likeness (QED) is 0.633. The fourth-order valence-electron chi connectivity index (χ4n) is 3.36. The Bertz CT molecular complexity index is 896. The van der Waals surface area contributed by atoms with Gasteiger partial charge in [-0.15, -0.1) is 0 Å². The fourth-order valence-corrected chi connectivity index (χ4v) is 3.36. The largest absolute Gasteiger partial charge is 0.419 e. The Labute approximate surface area is 159 Å². The van der Waals surface area contributed by atoms with Crippen molar-refractivity contribution in [2.45, 2.75) is 26.1 Å². The Hall–Kier alpha value is -2.49. The van der Waals surface area contributed by atoms with Crippen LogP contribution in [0.3, 0.4) is 0 Å². The van der Waals surface area contributed by atoms with Gasteiger partial charge in [0.2, 0.25) is 0 Å². The maximum Gasteiger partial charge on any atom is 0.419 e. The molecule has 1 aromatic carbocycles. The molecule has 0 saturated carbocycles. The second kappa shape index (κ2) is 6.54. The van der Waals surface area contributed by atoms with Gasteiger partial charge in [-0.1, -0.05) is 0 Å². The van der Waals surface area contributed by atoms with E-state index in [9.17, 15) is 17.6 Å². The molecule has 6 nitrogen and oxygen atoms in total. The van der Waals surface area contributed by atoms with E-state index < -0.39 is 17.6 Å². The Morgan fingerprint density at radius 3 is 2.39 bits per heavy atom. The first kappa shape index (κ1) is 18.9. The maximum atomic E-state index is 14.2. The summed E-state index contributed by atoms with van der Waals surface area (Å²) in [5, 5.41) is 5.88. The van der Waals surface area contributed by atoms with Crippen molar-refractivity contribution >= 4 is 28.8 Å². The highest BCUT2D eigenvalue weighted by Gasteiger charge is 2.39. The van der Waals surface area contributed by atoms with Crippen molar-refractivity contribution < 1.29 is 17.6 Å². The lowest BCUT2D eigenvalue weighted by Gasteiger charge is -2.39. The Morgan fingerprint density at radius 1 is 1.07 bits per heavy atom. The molecular weight excluding hydrogens is 376 g/mol. The number of hydrogen-bond donors (Lipinski definition) is 0. The number of rotatable bonds is 0. The van der Waals surface area contributed by atoms with Gasteiger partial charge in [0.05, 0.1) is 28.7 Å². The summed E-state index contributed by atoms with van der Waals surface area (Å²) in [7, 11) is 2.01. The number of piperazine rings is 1. The van der Waals surface area contributed by atoms with Gasteiger partial charge in [-0.2, -0.15) is 18.3 Å². The third-order valence-corrected chi connectivity index (χ3v) is 5.21. The number of hydrogen-bond acceptors (Lipinski definition) is 6. The van der Waals surface area contributed by atoms with E-state index in [1.807, 2.05) is 18.9 Å². The minimum absolute atomic E-state index is 0.0349. The highest BCUT2D eigenvalue weighted by atomic mass is 19.4. The molecule has 0 amide bonds. The molecule has 3 heterocycles. The van der Waals surface area contributed by atoms with Crippen LogP contribution in [0, 0.1) is 5.82 Å². The van der Waals surface area contributed by atoms with Crippen LogP contribution in [-0.4, -0.2) is 66.5 Å². The van der Waals surface area contributed by atoms with Crippen molar-refractivity contribution in [2.24, 2.45) is 15.1 Å². The molecule has 0 bridgehead atoms. The summed E-state index contributed by atoms with van der Waals surface area (Å²) >= 11 is 0. The van der Waals surface area contributed by atoms with Crippen LogP contribution in [0.2, 0.25) is 0 Å². The monoisotopic (exact) mass is 396 g/mol. The number of nitrogens with zero attached hydrogens (tertiary/aromatic N) is 6. The lowest BCUT2D eigenvalue weighted by molar-refractivity contribution is -0.139. The van der Waals surface area contributed by atoms with E-state index in [1.54, 1.807) is 6.92 Å². The number of amidine groups is 2. The van der Waals surface area contributed by atoms with Crippen LogP contribution in [0.5, 0.6) is 0 Å². The van der Waals surface area contributed by atoms with Crippen LogP contribution in [0.1, 0.15) is 19.4 Å². The van der Waals surface area contributed by atoms with Crippen LogP contribution < -0.4 is 5.01 Å². The van der Waals surface area contributed by atoms with Gasteiger partial charge in [0.25, 0.3) is 0 Å². The minimum atomic E-state index is -4.80. The average molecular weight is 396 g/mol. The van der Waals surface area contributed by atoms with Crippen LogP contribution in [0.25, 0.3) is 0 Å². The zero-order chi connectivity index (χ0) is 20.2. The highest BCUT2D eigenvalue weighted by molar-refractivity contribution is 6.47. The third-order valence-electron chi connectivity index (χ3n) is 5.21. The molecule has 1 saturated heterocycles. The Morgan fingerprint density at radius 2 is 1.75 bits per heavy atom. The van der Waals surface area contributed by atoms with Crippen molar-refractivity contribution in [3.63, 3.8) is 0 Å². The average Bonchev–Trinajstić information content (AvgIpc) is 2.62. The van der Waals surface area contributed by atoms with E-state index >= 15 is 0 Å². The highest BCUT2D eigenvalue weighted by Crippen LogP contribution is 2.42. The first-order chi connectivity index (χ1) is 13.1. The molecule has 10 heteroatoms. The second-order valence-corrected chi connectivity index (χ2v) is 7.23. The van der Waals surface area contributed by atoms with Gasteiger partial charge in [0.15, 0.2) is 11.7 Å². The van der Waals surface area contributed by atoms with Crippen molar-refractivity contribution in [3.8, 4) is 0 Å². The molecule has 3 aliphatic rings. The Balaban J connectivity index is 1.86. The van der Waals surface area contributed by atoms with E-state index in [0.29, 0.717) is 30.5 Å². The fraction of sp³-hybridized carbons (Fsp3) is 0.500. The van der Waals surface area contributed by atoms with Crippen LogP contribution >= 0.6 is 0 Å². The minimum Gasteiger partial charge on any atom is -0.351 e. The standard InChI is InChI=1S/C18H20F4N6/c1-10-11(2)25-28-15-9-13(19)12(18(20,21)22)8-14(15)24-16(17(28)23-10)27-6-4-26(3)5-7-27/h8-10H,4-7H2,1-3H3. The summed E-state index contributed by atoms with van der Waals surface area (Å²) < 4.78 is 53.8. The number of halogens is 4. The molecule has 0 aliphatic carbocycles. The van der Waals surface area contributed by atoms with E-state index in [-0.39, 0.29) is 17.4 Å². The van der Waals surface area contributed by atoms with Gasteiger partial charge in [0.1, 0.15) is 5.82 Å². The molecule has 28 heavy (non-hydrogen) atoms. The van der Waals surface area contributed by atoms with Crippen LogP contribution in [0.15, 0.2) is 27.2 Å². The Kier molecular flexibility index (Phi) is 4.40. The van der Waals surface area contributed by atoms with Gasteiger partial charge in [-0.05, 0) is 27.0 Å². The van der Waals surface area contributed by atoms with Gasteiger partial charge < -0.3 is 9.80 Å². The van der Waals surface area contributed by atoms with Crippen molar-refractivity contribution in [2.75, 3.05) is 38.2 Å². The lowest BCUT2D eigenvalue weighted by atomic mass is 10.1. The summed E-state index contributed by atoms with van der Waals surface area (Å²) in [6.07, 6.45) is -4.80. The molecular formula is C18H20F4N6. The molecule has 1 aromatic rings. The molecule has 1 fully saturated rings. The number of benzene rings is 1. The summed E-state index contributed by atoms with van der Waals surface area (Å²) in [5.74, 6) is -0.437. The van der Waals surface area contributed by atoms with Crippen molar-refractivity contribution in [3.05, 3.63) is 23.5 Å². The molecule has 0 aromatic heterocycles. The molecule has 150 valence electrons. The molecule has 0 radical (unpaired) electrons. The number of anilines is 1. The van der Waals surface area contributed by atoms with E-state index in [1.165, 1.54) is 5.01 Å². The normalized spacial score (nSPS) is 23.0. The molecule has 0 spiro atoms. The number of likely N-dealkylation sites (N-methyl/N-ethyl adjacent to an activating group) is 1. The molecule has 3 aliphatic heterocycles. The molecule has 1 atom stereocenters. The number of aliphatic imine (C=N–C) groups is 2. The van der Waals surface area contributed by atoms with Crippen molar-refractivity contribution in [1.29, 1.82) is 0 Å². The predicted molar refractivity (Wildman–Crippen MR) is 100 cm³/mol. The SMILES string of the molecule is CC1=NN2C(=NC1C)C(N1CCN(C)CC1)=Nc1cc(C(F)(F)F)c(F)cc12. The summed E-state index contributed by atoms with van der Waals surface area (Å²) in [6.45, 7) is 6.60. The lowest BCUT2D eigenvalue weighted by Crippen LogP contribution is -2.54. The van der Waals surface area contributed by atoms with Gasteiger partial charge >= 0.3 is 6.18 Å². The summed E-state index contributed by atoms with van der Waals surface area (Å²) in [4.78, 5) is 13.3. The summed E-state index contributed by atoms with van der Waals surface area (Å²) in [5.41, 5.74) is -0.449. The molecule has 1 unspecified atom stereocenters. The van der Waals surface area contributed by atoms with E-state index in [4.69, 9.17) is 0 Å². The van der Waals surface area contributed by atoms with Gasteiger partial charge in [-0.25, -0.2) is 14.4 Å².